The highest BCUT2D eigenvalue weighted by molar-refractivity contribution is 8.00. The summed E-state index contributed by atoms with van der Waals surface area (Å²) in [6.45, 7) is -0.262. The van der Waals surface area contributed by atoms with Crippen LogP contribution < -0.4 is 11.4 Å². The molecule has 6 N–H and O–H groups in total. The number of hydrogen-bond donors (Lipinski definition) is 5. The Morgan fingerprint density at radius 1 is 1.45 bits per heavy atom. The fourth-order valence-corrected chi connectivity index (χ4v) is 3.62. The molecule has 0 saturated carbocycles. The zero-order valence-corrected chi connectivity index (χ0v) is 11.0. The topological polar surface area (TPSA) is 150 Å². The van der Waals surface area contributed by atoms with E-state index >= 15 is 0 Å². The SMILES string of the molecule is Nc1[nH]c(=O)nc2c1ncn2[C@@H]1S[C@H](CO)[C@@H](O)[C@@H]1O. The summed E-state index contributed by atoms with van der Waals surface area (Å²) in [4.78, 5) is 21.6. The highest BCUT2D eigenvalue weighted by atomic mass is 32.2. The maximum atomic E-state index is 11.4. The van der Waals surface area contributed by atoms with Crippen LogP contribution in [0.4, 0.5) is 5.82 Å². The molecular formula is C10H13N5O4S. The minimum Gasteiger partial charge on any atom is -0.395 e. The molecule has 3 heterocycles. The van der Waals surface area contributed by atoms with Crippen molar-refractivity contribution in [2.24, 2.45) is 0 Å². The summed E-state index contributed by atoms with van der Waals surface area (Å²) in [7, 11) is 0. The van der Waals surface area contributed by atoms with Crippen LogP contribution in [0.15, 0.2) is 11.1 Å². The molecule has 0 amide bonds. The minimum atomic E-state index is -1.10. The van der Waals surface area contributed by atoms with Gasteiger partial charge in [-0.05, 0) is 0 Å². The average molecular weight is 299 g/mol. The highest BCUT2D eigenvalue weighted by Crippen LogP contribution is 2.42. The predicted octanol–water partition coefficient (Wildman–Crippen LogP) is -1.97. The number of H-pyrrole nitrogens is 1. The Kier molecular flexibility index (Phi) is 3.17. The van der Waals surface area contributed by atoms with E-state index in [1.807, 2.05) is 0 Å². The first kappa shape index (κ1) is 13.4. The highest BCUT2D eigenvalue weighted by Gasteiger charge is 2.43. The lowest BCUT2D eigenvalue weighted by Gasteiger charge is -2.16. The van der Waals surface area contributed by atoms with Crippen molar-refractivity contribution < 1.29 is 15.3 Å². The second-order valence-electron chi connectivity index (χ2n) is 4.51. The van der Waals surface area contributed by atoms with Crippen molar-refractivity contribution in [1.82, 2.24) is 19.5 Å². The van der Waals surface area contributed by atoms with Gasteiger partial charge in [0.1, 0.15) is 22.8 Å². The number of thioether (sulfide) groups is 1. The van der Waals surface area contributed by atoms with Gasteiger partial charge < -0.3 is 21.1 Å². The molecule has 1 fully saturated rings. The molecule has 4 atom stereocenters. The second-order valence-corrected chi connectivity index (χ2v) is 5.87. The number of rotatable bonds is 2. The number of nitrogen functional groups attached to an aromatic ring is 1. The molecule has 2 aromatic rings. The maximum Gasteiger partial charge on any atom is 0.348 e. The van der Waals surface area contributed by atoms with E-state index in [1.165, 1.54) is 22.7 Å². The Morgan fingerprint density at radius 3 is 2.85 bits per heavy atom. The van der Waals surface area contributed by atoms with E-state index in [4.69, 9.17) is 10.8 Å². The minimum absolute atomic E-state index is 0.0930. The van der Waals surface area contributed by atoms with Crippen molar-refractivity contribution in [2.75, 3.05) is 12.3 Å². The van der Waals surface area contributed by atoms with E-state index in [0.29, 0.717) is 5.52 Å². The van der Waals surface area contributed by atoms with Crippen LogP contribution >= 0.6 is 11.8 Å². The largest absolute Gasteiger partial charge is 0.395 e. The van der Waals surface area contributed by atoms with Crippen LogP contribution in [0.25, 0.3) is 11.2 Å². The number of anilines is 1. The van der Waals surface area contributed by atoms with Gasteiger partial charge in [0, 0.05) is 0 Å². The van der Waals surface area contributed by atoms with Crippen LogP contribution in [0.1, 0.15) is 5.37 Å². The van der Waals surface area contributed by atoms with Crippen molar-refractivity contribution in [3.8, 4) is 0 Å². The molecule has 10 heteroatoms. The summed E-state index contributed by atoms with van der Waals surface area (Å²) in [5, 5.41) is 27.9. The summed E-state index contributed by atoms with van der Waals surface area (Å²) < 4.78 is 1.48. The molecule has 20 heavy (non-hydrogen) atoms. The van der Waals surface area contributed by atoms with E-state index in [0.717, 1.165) is 0 Å². The lowest BCUT2D eigenvalue weighted by molar-refractivity contribution is 0.0113. The van der Waals surface area contributed by atoms with Crippen molar-refractivity contribution in [3.05, 3.63) is 16.8 Å². The first-order valence-corrected chi connectivity index (χ1v) is 6.82. The number of fused-ring (bicyclic) bond motifs is 1. The number of aromatic amines is 1. The van der Waals surface area contributed by atoms with E-state index in [2.05, 4.69) is 15.0 Å². The number of aliphatic hydroxyl groups is 3. The first-order chi connectivity index (χ1) is 9.52. The van der Waals surface area contributed by atoms with Crippen LogP contribution in [-0.2, 0) is 0 Å². The Balaban J connectivity index is 2.09. The van der Waals surface area contributed by atoms with E-state index < -0.39 is 28.5 Å². The Bertz CT molecular complexity index is 701. The summed E-state index contributed by atoms with van der Waals surface area (Å²) in [6, 6.07) is 0. The Morgan fingerprint density at radius 2 is 2.20 bits per heavy atom. The maximum absolute atomic E-state index is 11.4. The van der Waals surface area contributed by atoms with Gasteiger partial charge in [0.15, 0.2) is 5.65 Å². The standard InChI is InChI=1S/C10H13N5O4S/c11-7-4-8(14-10(19)13-7)15(2-12-4)9-6(18)5(17)3(1-16)20-9/h2-3,5-6,9,16-18H,1H2,(H3,11,13,14,19)/t3-,5-,6+,9-/m1/s1. The van der Waals surface area contributed by atoms with Crippen LogP contribution in [0.2, 0.25) is 0 Å². The van der Waals surface area contributed by atoms with Gasteiger partial charge >= 0.3 is 5.69 Å². The Hall–Kier alpha value is -1.62. The molecule has 3 rings (SSSR count). The van der Waals surface area contributed by atoms with Crippen molar-refractivity contribution in [3.63, 3.8) is 0 Å². The van der Waals surface area contributed by atoms with Gasteiger partial charge in [0.25, 0.3) is 0 Å². The summed E-state index contributed by atoms with van der Waals surface area (Å²) >= 11 is 1.19. The molecule has 1 aliphatic rings. The van der Waals surface area contributed by atoms with Crippen molar-refractivity contribution in [2.45, 2.75) is 22.8 Å². The monoisotopic (exact) mass is 299 g/mol. The quantitative estimate of drug-likeness (QED) is 0.428. The number of aromatic nitrogens is 4. The molecule has 108 valence electrons. The third-order valence-electron chi connectivity index (χ3n) is 3.26. The number of nitrogens with two attached hydrogens (primary N) is 1. The van der Waals surface area contributed by atoms with Gasteiger partial charge in [-0.15, -0.1) is 11.8 Å². The summed E-state index contributed by atoms with van der Waals surface area (Å²) in [5.74, 6) is 0.0930. The Labute approximate surface area is 116 Å². The van der Waals surface area contributed by atoms with Gasteiger partial charge in [-0.2, -0.15) is 4.98 Å². The molecule has 0 bridgehead atoms. The summed E-state index contributed by atoms with van der Waals surface area (Å²) in [6.07, 6.45) is -0.766. The third kappa shape index (κ3) is 1.88. The number of nitrogens with one attached hydrogen (secondary N) is 1. The molecule has 1 saturated heterocycles. The van der Waals surface area contributed by atoms with Crippen molar-refractivity contribution >= 4 is 28.7 Å². The smallest absolute Gasteiger partial charge is 0.348 e. The zero-order chi connectivity index (χ0) is 14.4. The fourth-order valence-electron chi connectivity index (χ4n) is 2.25. The molecule has 0 spiro atoms. The van der Waals surface area contributed by atoms with Crippen molar-refractivity contribution in [1.29, 1.82) is 0 Å². The van der Waals surface area contributed by atoms with Crippen LogP contribution in [0.5, 0.6) is 0 Å². The third-order valence-corrected chi connectivity index (χ3v) is 4.83. The average Bonchev–Trinajstić information content (AvgIpc) is 2.93. The fraction of sp³-hybridized carbons (Fsp3) is 0.500. The first-order valence-electron chi connectivity index (χ1n) is 5.87. The molecular weight excluding hydrogens is 286 g/mol. The normalized spacial score (nSPS) is 30.1. The zero-order valence-electron chi connectivity index (χ0n) is 10.2. The van der Waals surface area contributed by atoms with E-state index in [-0.39, 0.29) is 18.1 Å². The number of nitrogens with zero attached hydrogens (tertiary/aromatic N) is 3. The molecule has 0 aromatic carbocycles. The predicted molar refractivity (Wildman–Crippen MR) is 72.1 cm³/mol. The van der Waals surface area contributed by atoms with Crippen LogP contribution in [0.3, 0.4) is 0 Å². The van der Waals surface area contributed by atoms with Gasteiger partial charge in [0.05, 0.1) is 24.3 Å². The van der Waals surface area contributed by atoms with Gasteiger partial charge in [-0.1, -0.05) is 0 Å². The molecule has 0 aliphatic carbocycles. The molecule has 0 unspecified atom stereocenters. The van der Waals surface area contributed by atoms with E-state index in [9.17, 15) is 15.0 Å². The number of aliphatic hydroxyl groups excluding tert-OH is 3. The van der Waals surface area contributed by atoms with Crippen LogP contribution in [-0.4, -0.2) is 58.9 Å². The van der Waals surface area contributed by atoms with Gasteiger partial charge in [-0.25, -0.2) is 9.78 Å². The van der Waals surface area contributed by atoms with Crippen LogP contribution in [0, 0.1) is 0 Å². The van der Waals surface area contributed by atoms with Gasteiger partial charge in [-0.3, -0.25) is 9.55 Å². The number of imidazole rings is 1. The molecule has 2 aromatic heterocycles. The van der Waals surface area contributed by atoms with E-state index in [1.54, 1.807) is 0 Å². The second kappa shape index (κ2) is 4.74. The molecule has 0 radical (unpaired) electrons. The molecule has 9 nitrogen and oxygen atoms in total. The number of hydrogen-bond acceptors (Lipinski definition) is 8. The summed E-state index contributed by atoms with van der Waals surface area (Å²) in [5.41, 5.74) is 5.59. The van der Waals surface area contributed by atoms with Gasteiger partial charge in [0.2, 0.25) is 0 Å². The lowest BCUT2D eigenvalue weighted by atomic mass is 10.1. The molecule has 1 aliphatic heterocycles. The lowest BCUT2D eigenvalue weighted by Crippen LogP contribution is -2.33.